The van der Waals surface area contributed by atoms with E-state index in [1.165, 1.54) is 43.5 Å². The second-order valence-electron chi connectivity index (χ2n) is 8.77. The highest BCUT2D eigenvalue weighted by Crippen LogP contribution is 2.32. The van der Waals surface area contributed by atoms with Gasteiger partial charge in [-0.2, -0.15) is 8.42 Å². The molecule has 0 radical (unpaired) electrons. The second kappa shape index (κ2) is 12.8. The van der Waals surface area contributed by atoms with E-state index in [-0.39, 0.29) is 21.6 Å². The van der Waals surface area contributed by atoms with Crippen LogP contribution in [0.4, 0.5) is 5.69 Å². The summed E-state index contributed by atoms with van der Waals surface area (Å²) >= 11 is 9.62. The number of nitrogens with one attached hydrogen (secondary N) is 1. The molecule has 4 rings (SSSR count). The lowest BCUT2D eigenvalue weighted by molar-refractivity contribution is 0.0951. The van der Waals surface area contributed by atoms with Crippen molar-refractivity contribution in [2.45, 2.75) is 30.6 Å². The van der Waals surface area contributed by atoms with Gasteiger partial charge < -0.3 is 15.1 Å². The van der Waals surface area contributed by atoms with Crippen LogP contribution < -0.4 is 14.6 Å². The SMILES string of the molecule is O=C(NCCCN1CCCCC1)c1ccc(S(=O)(=O)N(Oc2ccc(Br)cc2Cl)c2ccccc2)cc1. The normalized spacial score (nSPS) is 14.2. The largest absolute Gasteiger partial charge is 0.363 e. The molecule has 1 amide bonds. The molecular weight excluding hydrogens is 578 g/mol. The molecule has 0 spiro atoms. The fourth-order valence-electron chi connectivity index (χ4n) is 4.09. The van der Waals surface area contributed by atoms with Crippen LogP contribution in [-0.4, -0.2) is 45.4 Å². The third kappa shape index (κ3) is 7.25. The van der Waals surface area contributed by atoms with Crippen LogP contribution >= 0.6 is 27.5 Å². The Balaban J connectivity index is 1.45. The van der Waals surface area contributed by atoms with Crippen molar-refractivity contribution in [1.29, 1.82) is 0 Å². The predicted octanol–water partition coefficient (Wildman–Crippen LogP) is 5.90. The maximum Gasteiger partial charge on any atom is 0.295 e. The zero-order valence-corrected chi connectivity index (χ0v) is 23.4. The van der Waals surface area contributed by atoms with Gasteiger partial charge in [-0.05, 0) is 93.5 Å². The summed E-state index contributed by atoms with van der Waals surface area (Å²) < 4.78 is 28.8. The van der Waals surface area contributed by atoms with Gasteiger partial charge in [-0.1, -0.05) is 56.6 Å². The number of carbonyl (C=O) groups excluding carboxylic acids is 1. The van der Waals surface area contributed by atoms with Gasteiger partial charge in [-0.3, -0.25) is 4.79 Å². The molecule has 3 aromatic carbocycles. The first-order valence-corrected chi connectivity index (χ1v) is 14.8. The number of benzene rings is 3. The molecule has 0 atom stereocenters. The summed E-state index contributed by atoms with van der Waals surface area (Å²) in [4.78, 5) is 20.8. The van der Waals surface area contributed by atoms with Crippen LogP contribution in [0.2, 0.25) is 5.02 Å². The molecule has 3 aromatic rings. The molecule has 10 heteroatoms. The molecule has 7 nitrogen and oxygen atoms in total. The van der Waals surface area contributed by atoms with Crippen LogP contribution in [0.1, 0.15) is 36.0 Å². The molecule has 196 valence electrons. The van der Waals surface area contributed by atoms with Crippen LogP contribution in [0.25, 0.3) is 0 Å². The van der Waals surface area contributed by atoms with E-state index in [0.717, 1.165) is 35.0 Å². The van der Waals surface area contributed by atoms with Gasteiger partial charge in [0.25, 0.3) is 15.9 Å². The number of sulfonamides is 1. The van der Waals surface area contributed by atoms with Crippen LogP contribution in [0, 0.1) is 0 Å². The Kier molecular flexibility index (Phi) is 9.48. The van der Waals surface area contributed by atoms with Crippen molar-refractivity contribution in [3.8, 4) is 5.75 Å². The standard InChI is InChI=1S/C27H29BrClN3O4S/c28-22-12-15-26(25(29)20-22)36-32(23-8-3-1-4-9-23)37(34,35)24-13-10-21(11-14-24)27(33)30-16-7-19-31-17-5-2-6-18-31/h1,3-4,8-15,20H,2,5-7,16-19H2,(H,30,33). The summed E-state index contributed by atoms with van der Waals surface area (Å²) in [5, 5.41) is 3.17. The van der Waals surface area contributed by atoms with Gasteiger partial charge in [0.15, 0.2) is 5.75 Å². The van der Waals surface area contributed by atoms with Gasteiger partial charge in [0.2, 0.25) is 0 Å². The summed E-state index contributed by atoms with van der Waals surface area (Å²) in [6, 6.07) is 19.2. The quantitative estimate of drug-likeness (QED) is 0.230. The minimum atomic E-state index is -4.15. The Morgan fingerprint density at radius 3 is 2.38 bits per heavy atom. The average Bonchev–Trinajstić information content (AvgIpc) is 2.91. The number of halogens is 2. The van der Waals surface area contributed by atoms with E-state index in [1.807, 2.05) is 0 Å². The number of rotatable bonds is 10. The zero-order chi connectivity index (χ0) is 26.3. The lowest BCUT2D eigenvalue weighted by Gasteiger charge is -2.26. The Morgan fingerprint density at radius 1 is 1.00 bits per heavy atom. The van der Waals surface area contributed by atoms with Crippen molar-refractivity contribution in [3.63, 3.8) is 0 Å². The highest BCUT2D eigenvalue weighted by atomic mass is 79.9. The van der Waals surface area contributed by atoms with Crippen LogP contribution in [0.5, 0.6) is 5.75 Å². The molecular formula is C27H29BrClN3O4S. The highest BCUT2D eigenvalue weighted by molar-refractivity contribution is 9.10. The molecule has 0 aromatic heterocycles. The topological polar surface area (TPSA) is 79.0 Å². The minimum Gasteiger partial charge on any atom is -0.363 e. The van der Waals surface area contributed by atoms with Gasteiger partial charge in [0.05, 0.1) is 15.6 Å². The van der Waals surface area contributed by atoms with Crippen molar-refractivity contribution < 1.29 is 18.0 Å². The van der Waals surface area contributed by atoms with Gasteiger partial charge in [-0.25, -0.2) is 0 Å². The number of anilines is 1. The van der Waals surface area contributed by atoms with Crippen molar-refractivity contribution >= 4 is 49.1 Å². The lowest BCUT2D eigenvalue weighted by Crippen LogP contribution is -2.34. The number of piperidine rings is 1. The van der Waals surface area contributed by atoms with Crippen molar-refractivity contribution in [2.24, 2.45) is 0 Å². The molecule has 0 aliphatic carbocycles. The predicted molar refractivity (Wildman–Crippen MR) is 150 cm³/mol. The van der Waals surface area contributed by atoms with E-state index in [0.29, 0.717) is 17.8 Å². The molecule has 0 unspecified atom stereocenters. The summed E-state index contributed by atoms with van der Waals surface area (Å²) in [5.41, 5.74) is 0.692. The van der Waals surface area contributed by atoms with Gasteiger partial charge in [0, 0.05) is 16.6 Å². The van der Waals surface area contributed by atoms with Crippen molar-refractivity contribution in [2.75, 3.05) is 30.6 Å². The fraction of sp³-hybridized carbons (Fsp3) is 0.296. The van der Waals surface area contributed by atoms with E-state index in [4.69, 9.17) is 16.4 Å². The number of amides is 1. The number of nitrogens with zero attached hydrogens (tertiary/aromatic N) is 2. The summed E-state index contributed by atoms with van der Waals surface area (Å²) in [6.45, 7) is 3.79. The van der Waals surface area contributed by atoms with Gasteiger partial charge in [0.1, 0.15) is 0 Å². The molecule has 1 saturated heterocycles. The maximum absolute atomic E-state index is 13.6. The molecule has 0 saturated carbocycles. The summed E-state index contributed by atoms with van der Waals surface area (Å²) in [6.07, 6.45) is 4.65. The Bertz CT molecular complexity index is 1300. The monoisotopic (exact) mass is 605 g/mol. The number of carbonyl (C=O) groups is 1. The summed E-state index contributed by atoms with van der Waals surface area (Å²) in [5.74, 6) is -0.0572. The average molecular weight is 607 g/mol. The minimum absolute atomic E-state index is 0.0220. The van der Waals surface area contributed by atoms with Crippen LogP contribution in [0.3, 0.4) is 0 Å². The number of para-hydroxylation sites is 1. The van der Waals surface area contributed by atoms with Crippen molar-refractivity contribution in [1.82, 2.24) is 10.2 Å². The van der Waals surface area contributed by atoms with Crippen molar-refractivity contribution in [3.05, 3.63) is 87.9 Å². The second-order valence-corrected chi connectivity index (χ2v) is 11.8. The Hall–Kier alpha value is -2.59. The number of hydrogen-bond acceptors (Lipinski definition) is 5. The highest BCUT2D eigenvalue weighted by Gasteiger charge is 2.28. The number of hydrogen-bond donors (Lipinski definition) is 1. The van der Waals surface area contributed by atoms with E-state index in [9.17, 15) is 13.2 Å². The smallest absolute Gasteiger partial charge is 0.295 e. The van der Waals surface area contributed by atoms with E-state index in [2.05, 4.69) is 26.1 Å². The molecule has 1 aliphatic rings. The van der Waals surface area contributed by atoms with E-state index in [1.54, 1.807) is 48.5 Å². The van der Waals surface area contributed by atoms with E-state index < -0.39 is 10.0 Å². The Labute approximate surface area is 231 Å². The molecule has 1 aliphatic heterocycles. The van der Waals surface area contributed by atoms with E-state index >= 15 is 0 Å². The van der Waals surface area contributed by atoms with Crippen LogP contribution in [-0.2, 0) is 10.0 Å². The first-order chi connectivity index (χ1) is 17.8. The zero-order valence-electron chi connectivity index (χ0n) is 20.3. The molecule has 1 heterocycles. The number of likely N-dealkylation sites (tertiary alicyclic amines) is 1. The molecule has 0 bridgehead atoms. The molecule has 1 N–H and O–H groups in total. The lowest BCUT2D eigenvalue weighted by atomic mass is 10.1. The maximum atomic E-state index is 13.6. The van der Waals surface area contributed by atoms with Crippen LogP contribution in [0.15, 0.2) is 82.2 Å². The first-order valence-electron chi connectivity index (χ1n) is 12.2. The fourth-order valence-corrected chi connectivity index (χ4v) is 6.05. The summed E-state index contributed by atoms with van der Waals surface area (Å²) in [7, 11) is -4.15. The van der Waals surface area contributed by atoms with Gasteiger partial charge in [-0.15, -0.1) is 0 Å². The third-order valence-corrected chi connectivity index (χ3v) is 8.44. The molecule has 1 fully saturated rings. The Morgan fingerprint density at radius 2 is 1.70 bits per heavy atom. The van der Waals surface area contributed by atoms with Gasteiger partial charge >= 0.3 is 0 Å². The molecule has 37 heavy (non-hydrogen) atoms. The third-order valence-electron chi connectivity index (χ3n) is 6.06. The first kappa shape index (κ1) is 27.4.